The van der Waals surface area contributed by atoms with Gasteiger partial charge in [-0.15, -0.1) is 0 Å². The number of hydrogen-bond donors (Lipinski definition) is 1. The number of furan rings is 1. The zero-order chi connectivity index (χ0) is 14.2. The second-order valence-electron chi connectivity index (χ2n) is 6.15. The van der Waals surface area contributed by atoms with E-state index in [0.717, 1.165) is 42.4 Å². The molecule has 1 fully saturated rings. The molecule has 0 radical (unpaired) electrons. The van der Waals surface area contributed by atoms with Crippen molar-refractivity contribution in [3.05, 3.63) is 36.1 Å². The minimum Gasteiger partial charge on any atom is -0.459 e. The monoisotopic (exact) mass is 271 g/mol. The second kappa shape index (κ2) is 4.97. The van der Waals surface area contributed by atoms with Gasteiger partial charge in [-0.1, -0.05) is 38.0 Å². The molecule has 2 aromatic rings. The quantitative estimate of drug-likeness (QED) is 0.909. The van der Waals surface area contributed by atoms with Crippen molar-refractivity contribution in [3.63, 3.8) is 0 Å². The van der Waals surface area contributed by atoms with Crippen LogP contribution in [0.25, 0.3) is 11.0 Å². The fourth-order valence-corrected chi connectivity index (χ4v) is 3.04. The van der Waals surface area contributed by atoms with E-state index in [1.54, 1.807) is 0 Å². The summed E-state index contributed by atoms with van der Waals surface area (Å²) in [7, 11) is 0. The summed E-state index contributed by atoms with van der Waals surface area (Å²) in [6.07, 6.45) is 4.29. The Kier molecular flexibility index (Phi) is 3.28. The summed E-state index contributed by atoms with van der Waals surface area (Å²) in [5.74, 6) is 0.976. The lowest BCUT2D eigenvalue weighted by Crippen LogP contribution is -2.38. The smallest absolute Gasteiger partial charge is 0.226 e. The van der Waals surface area contributed by atoms with Gasteiger partial charge in [0.25, 0.3) is 0 Å². The summed E-state index contributed by atoms with van der Waals surface area (Å²) in [6, 6.07) is 9.84. The Labute approximate surface area is 119 Å². The van der Waals surface area contributed by atoms with E-state index >= 15 is 0 Å². The number of hydrogen-bond acceptors (Lipinski definition) is 2. The van der Waals surface area contributed by atoms with Gasteiger partial charge in [-0.25, -0.2) is 0 Å². The Morgan fingerprint density at radius 2 is 2.00 bits per heavy atom. The van der Waals surface area contributed by atoms with Crippen LogP contribution in [0.3, 0.4) is 0 Å². The molecule has 106 valence electrons. The van der Waals surface area contributed by atoms with Crippen LogP contribution in [0.1, 0.15) is 51.3 Å². The summed E-state index contributed by atoms with van der Waals surface area (Å²) in [6.45, 7) is 4.05. The molecule has 3 nitrogen and oxygen atoms in total. The molecular formula is C17H21NO2. The lowest BCUT2D eigenvalue weighted by molar-refractivity contribution is -0.130. The van der Waals surface area contributed by atoms with Crippen LogP contribution in [0.4, 0.5) is 0 Å². The minimum absolute atomic E-state index is 0.0904. The number of nitrogens with one attached hydrogen (secondary N) is 1. The highest BCUT2D eigenvalue weighted by Crippen LogP contribution is 2.38. The predicted octanol–water partition coefficient (Wildman–Crippen LogP) is 4.19. The molecule has 1 aliphatic carbocycles. The lowest BCUT2D eigenvalue weighted by atomic mass is 9.87. The number of benzene rings is 1. The molecule has 1 atom stereocenters. The van der Waals surface area contributed by atoms with Crippen LogP contribution in [0.2, 0.25) is 0 Å². The standard InChI is InChI=1S/C17H21NO2/c1-12(18-16(19)17(2)9-5-6-10-17)15-11-13-7-3-4-8-14(13)20-15/h3-4,7-8,11-12H,5-6,9-10H2,1-2H3,(H,18,19). The fourth-order valence-electron chi connectivity index (χ4n) is 3.04. The number of carbonyl (C=O) groups is 1. The van der Waals surface area contributed by atoms with Crippen molar-refractivity contribution >= 4 is 16.9 Å². The zero-order valence-corrected chi connectivity index (χ0v) is 12.1. The van der Waals surface area contributed by atoms with E-state index in [9.17, 15) is 4.79 Å². The molecule has 0 saturated heterocycles. The van der Waals surface area contributed by atoms with Crippen LogP contribution in [0, 0.1) is 5.41 Å². The second-order valence-corrected chi connectivity index (χ2v) is 6.15. The molecule has 1 heterocycles. The predicted molar refractivity (Wildman–Crippen MR) is 79.3 cm³/mol. The summed E-state index contributed by atoms with van der Waals surface area (Å²) in [5.41, 5.74) is 0.677. The van der Waals surface area contributed by atoms with Crippen molar-refractivity contribution in [3.8, 4) is 0 Å². The van der Waals surface area contributed by atoms with Gasteiger partial charge in [0.05, 0.1) is 6.04 Å². The van der Waals surface area contributed by atoms with E-state index in [1.165, 1.54) is 0 Å². The molecule has 3 rings (SSSR count). The third-order valence-electron chi connectivity index (χ3n) is 4.47. The van der Waals surface area contributed by atoms with Crippen LogP contribution < -0.4 is 5.32 Å². The van der Waals surface area contributed by atoms with Crippen molar-refractivity contribution in [2.45, 2.75) is 45.6 Å². The molecule has 1 amide bonds. The summed E-state index contributed by atoms with van der Waals surface area (Å²) in [4.78, 5) is 12.4. The fraction of sp³-hybridized carbons (Fsp3) is 0.471. The normalized spacial score (nSPS) is 19.1. The Bertz CT molecular complexity index is 590. The van der Waals surface area contributed by atoms with Crippen LogP contribution >= 0.6 is 0 Å². The Balaban J connectivity index is 1.75. The van der Waals surface area contributed by atoms with E-state index in [2.05, 4.69) is 12.2 Å². The molecule has 1 N–H and O–H groups in total. The molecule has 1 aromatic heterocycles. The van der Waals surface area contributed by atoms with Crippen LogP contribution in [-0.2, 0) is 4.79 Å². The molecule has 1 saturated carbocycles. The highest BCUT2D eigenvalue weighted by molar-refractivity contribution is 5.83. The summed E-state index contributed by atoms with van der Waals surface area (Å²) in [5, 5.41) is 4.19. The first-order valence-corrected chi connectivity index (χ1v) is 7.38. The first kappa shape index (κ1) is 13.2. The van der Waals surface area contributed by atoms with Gasteiger partial charge in [0.2, 0.25) is 5.91 Å². The molecule has 3 heteroatoms. The zero-order valence-electron chi connectivity index (χ0n) is 12.1. The maximum atomic E-state index is 12.4. The van der Waals surface area contributed by atoms with Gasteiger partial charge >= 0.3 is 0 Å². The van der Waals surface area contributed by atoms with Crippen molar-refractivity contribution in [2.24, 2.45) is 5.41 Å². The molecule has 1 aromatic carbocycles. The number of carbonyl (C=O) groups excluding carboxylic acids is 1. The van der Waals surface area contributed by atoms with Crippen molar-refractivity contribution in [2.75, 3.05) is 0 Å². The van der Waals surface area contributed by atoms with Gasteiger partial charge in [-0.05, 0) is 31.9 Å². The van der Waals surface area contributed by atoms with Gasteiger partial charge in [-0.2, -0.15) is 0 Å². The van der Waals surface area contributed by atoms with Gasteiger partial charge in [0.1, 0.15) is 11.3 Å². The van der Waals surface area contributed by atoms with Crippen molar-refractivity contribution in [1.82, 2.24) is 5.32 Å². The van der Waals surface area contributed by atoms with Crippen molar-refractivity contribution < 1.29 is 9.21 Å². The topological polar surface area (TPSA) is 42.2 Å². The Morgan fingerprint density at radius 3 is 2.70 bits per heavy atom. The lowest BCUT2D eigenvalue weighted by Gasteiger charge is -2.24. The van der Waals surface area contributed by atoms with Crippen molar-refractivity contribution in [1.29, 1.82) is 0 Å². The van der Waals surface area contributed by atoms with Gasteiger partial charge in [-0.3, -0.25) is 4.79 Å². The van der Waals surface area contributed by atoms with E-state index in [1.807, 2.05) is 37.3 Å². The highest BCUT2D eigenvalue weighted by Gasteiger charge is 2.36. The molecule has 20 heavy (non-hydrogen) atoms. The number of amides is 1. The van der Waals surface area contributed by atoms with E-state index in [0.29, 0.717) is 0 Å². The van der Waals surface area contributed by atoms with E-state index in [-0.39, 0.29) is 17.4 Å². The largest absolute Gasteiger partial charge is 0.459 e. The van der Waals surface area contributed by atoms with E-state index in [4.69, 9.17) is 4.42 Å². The first-order valence-electron chi connectivity index (χ1n) is 7.38. The summed E-state index contributed by atoms with van der Waals surface area (Å²) < 4.78 is 5.81. The minimum atomic E-state index is -0.194. The Hall–Kier alpha value is -1.77. The third kappa shape index (κ3) is 2.33. The van der Waals surface area contributed by atoms with Gasteiger partial charge in [0.15, 0.2) is 0 Å². The average Bonchev–Trinajstić information content (AvgIpc) is 3.05. The Morgan fingerprint density at radius 1 is 1.30 bits per heavy atom. The first-order chi connectivity index (χ1) is 9.58. The number of rotatable bonds is 3. The molecule has 0 bridgehead atoms. The molecule has 1 aliphatic rings. The molecular weight excluding hydrogens is 250 g/mol. The number of para-hydroxylation sites is 1. The molecule has 0 spiro atoms. The van der Waals surface area contributed by atoms with Crippen LogP contribution in [0.15, 0.2) is 34.7 Å². The van der Waals surface area contributed by atoms with Gasteiger partial charge < -0.3 is 9.73 Å². The highest BCUT2D eigenvalue weighted by atomic mass is 16.3. The van der Waals surface area contributed by atoms with Crippen LogP contribution in [-0.4, -0.2) is 5.91 Å². The maximum Gasteiger partial charge on any atom is 0.226 e. The maximum absolute atomic E-state index is 12.4. The summed E-state index contributed by atoms with van der Waals surface area (Å²) >= 11 is 0. The molecule has 0 aliphatic heterocycles. The van der Waals surface area contributed by atoms with Gasteiger partial charge in [0, 0.05) is 10.8 Å². The van der Waals surface area contributed by atoms with Crippen LogP contribution in [0.5, 0.6) is 0 Å². The van der Waals surface area contributed by atoms with E-state index < -0.39 is 0 Å². The third-order valence-corrected chi connectivity index (χ3v) is 4.47. The number of fused-ring (bicyclic) bond motifs is 1. The average molecular weight is 271 g/mol. The SMILES string of the molecule is CC(NC(=O)C1(C)CCCC1)c1cc2ccccc2o1. The molecule has 1 unspecified atom stereocenters.